The zero-order valence-electron chi connectivity index (χ0n) is 13.5. The molecule has 0 aromatic heterocycles. The maximum Gasteiger partial charge on any atom is 0.387 e. The van der Waals surface area contributed by atoms with Gasteiger partial charge in [0.1, 0.15) is 5.75 Å². The number of alkyl halides is 2. The normalized spacial score (nSPS) is 11.5. The Morgan fingerprint density at radius 1 is 1.04 bits per heavy atom. The second-order valence-corrected chi connectivity index (χ2v) is 7.16. The molecule has 0 unspecified atom stereocenters. The van der Waals surface area contributed by atoms with Crippen molar-refractivity contribution in [3.05, 3.63) is 69.8 Å². The van der Waals surface area contributed by atoms with Crippen molar-refractivity contribution in [3.8, 4) is 5.75 Å². The van der Waals surface area contributed by atoms with E-state index in [-0.39, 0.29) is 23.7 Å². The highest BCUT2D eigenvalue weighted by Crippen LogP contribution is 2.16. The van der Waals surface area contributed by atoms with Crippen molar-refractivity contribution >= 4 is 15.7 Å². The molecule has 140 valence electrons. The molecule has 0 fully saturated rings. The third-order valence-corrected chi connectivity index (χ3v) is 4.75. The molecule has 0 aliphatic rings. The lowest BCUT2D eigenvalue weighted by Crippen LogP contribution is -2.27. The second kappa shape index (κ2) is 8.68. The summed E-state index contributed by atoms with van der Waals surface area (Å²) in [6.07, 6.45) is 0.369. The Morgan fingerprint density at radius 3 is 2.15 bits per heavy atom. The average Bonchev–Trinajstić information content (AvgIpc) is 2.56. The summed E-state index contributed by atoms with van der Waals surface area (Å²) >= 11 is 0. The zero-order chi connectivity index (χ0) is 19.2. The molecule has 0 aliphatic heterocycles. The van der Waals surface area contributed by atoms with Crippen LogP contribution in [-0.2, 0) is 22.2 Å². The molecule has 2 aromatic carbocycles. The van der Waals surface area contributed by atoms with Gasteiger partial charge < -0.3 is 4.74 Å². The van der Waals surface area contributed by atoms with Crippen molar-refractivity contribution in [2.45, 2.75) is 18.8 Å². The molecule has 2 aromatic rings. The number of nitrogens with one attached hydrogen (secondary N) is 1. The van der Waals surface area contributed by atoms with Gasteiger partial charge in [-0.05, 0) is 29.7 Å². The summed E-state index contributed by atoms with van der Waals surface area (Å²) in [5, 5.41) is 10.6. The minimum absolute atomic E-state index is 0.0301. The molecule has 0 saturated carbocycles. The van der Waals surface area contributed by atoms with Crippen molar-refractivity contribution in [2.24, 2.45) is 0 Å². The lowest BCUT2D eigenvalue weighted by atomic mass is 10.1. The largest absolute Gasteiger partial charge is 0.435 e. The Morgan fingerprint density at radius 2 is 1.62 bits per heavy atom. The topological polar surface area (TPSA) is 98.5 Å². The van der Waals surface area contributed by atoms with Crippen LogP contribution < -0.4 is 9.46 Å². The Kier molecular flexibility index (Phi) is 6.58. The van der Waals surface area contributed by atoms with Gasteiger partial charge in [0.15, 0.2) is 0 Å². The van der Waals surface area contributed by atoms with Crippen LogP contribution in [0.3, 0.4) is 0 Å². The molecule has 0 amide bonds. The predicted octanol–water partition coefficient (Wildman–Crippen LogP) is 2.86. The summed E-state index contributed by atoms with van der Waals surface area (Å²) in [4.78, 5) is 10.0. The SMILES string of the molecule is O=[N+]([O-])c1ccc(CS(=O)(=O)NCCc2ccc(OC(F)F)cc2)cc1. The number of nitrogens with zero attached hydrogens (tertiary/aromatic N) is 1. The molecule has 26 heavy (non-hydrogen) atoms. The van der Waals surface area contributed by atoms with E-state index in [1.54, 1.807) is 12.1 Å². The molecule has 1 N–H and O–H groups in total. The maximum absolute atomic E-state index is 12.1. The smallest absolute Gasteiger partial charge is 0.387 e. The maximum atomic E-state index is 12.1. The molecular weight excluding hydrogens is 370 g/mol. The molecule has 0 radical (unpaired) electrons. The Hall–Kier alpha value is -2.59. The van der Waals surface area contributed by atoms with E-state index in [1.165, 1.54) is 36.4 Å². The van der Waals surface area contributed by atoms with Gasteiger partial charge in [0.2, 0.25) is 10.0 Å². The van der Waals surface area contributed by atoms with Crippen LogP contribution in [0.15, 0.2) is 48.5 Å². The van der Waals surface area contributed by atoms with Crippen molar-refractivity contribution in [3.63, 3.8) is 0 Å². The number of nitro benzene ring substituents is 1. The highest BCUT2D eigenvalue weighted by molar-refractivity contribution is 7.88. The fourth-order valence-electron chi connectivity index (χ4n) is 2.17. The van der Waals surface area contributed by atoms with Crippen molar-refractivity contribution in [2.75, 3.05) is 6.54 Å². The molecule has 0 bridgehead atoms. The highest BCUT2D eigenvalue weighted by Gasteiger charge is 2.12. The average molecular weight is 386 g/mol. The number of nitro groups is 1. The molecule has 2 rings (SSSR count). The molecule has 0 saturated heterocycles. The van der Waals surface area contributed by atoms with Gasteiger partial charge in [0, 0.05) is 18.7 Å². The summed E-state index contributed by atoms with van der Waals surface area (Å²) in [7, 11) is -3.61. The minimum Gasteiger partial charge on any atom is -0.435 e. The van der Waals surface area contributed by atoms with Gasteiger partial charge in [-0.15, -0.1) is 0 Å². The van der Waals surface area contributed by atoms with Crippen LogP contribution in [0.2, 0.25) is 0 Å². The highest BCUT2D eigenvalue weighted by atomic mass is 32.2. The Labute approximate surface area is 148 Å². The summed E-state index contributed by atoms with van der Waals surface area (Å²) in [5.74, 6) is -0.269. The quantitative estimate of drug-likeness (QED) is 0.528. The van der Waals surface area contributed by atoms with E-state index in [4.69, 9.17) is 0 Å². The van der Waals surface area contributed by atoms with Crippen LogP contribution >= 0.6 is 0 Å². The van der Waals surface area contributed by atoms with E-state index in [2.05, 4.69) is 9.46 Å². The number of benzene rings is 2. The molecule has 0 atom stereocenters. The monoisotopic (exact) mass is 386 g/mol. The summed E-state index contributed by atoms with van der Waals surface area (Å²) in [6, 6.07) is 11.2. The fourth-order valence-corrected chi connectivity index (χ4v) is 3.32. The number of sulfonamides is 1. The molecule has 10 heteroatoms. The van der Waals surface area contributed by atoms with E-state index in [0.29, 0.717) is 12.0 Å². The second-order valence-electron chi connectivity index (χ2n) is 5.35. The van der Waals surface area contributed by atoms with Crippen molar-refractivity contribution in [1.29, 1.82) is 0 Å². The minimum atomic E-state index is -3.61. The van der Waals surface area contributed by atoms with Gasteiger partial charge in [-0.1, -0.05) is 24.3 Å². The third kappa shape index (κ3) is 6.37. The van der Waals surface area contributed by atoms with E-state index < -0.39 is 21.6 Å². The van der Waals surface area contributed by atoms with Gasteiger partial charge in [-0.2, -0.15) is 8.78 Å². The molecule has 0 heterocycles. The number of hydrogen-bond donors (Lipinski definition) is 1. The van der Waals surface area contributed by atoms with Crippen molar-refractivity contribution < 1.29 is 26.9 Å². The first-order valence-electron chi connectivity index (χ1n) is 7.49. The number of ether oxygens (including phenoxy) is 1. The standard InChI is InChI=1S/C16H16F2N2O5S/c17-16(18)25-15-7-3-12(4-8-15)9-10-19-26(23,24)11-13-1-5-14(6-2-13)20(21)22/h1-8,16,19H,9-11H2. The first-order chi connectivity index (χ1) is 12.2. The zero-order valence-corrected chi connectivity index (χ0v) is 14.3. The number of non-ortho nitro benzene ring substituents is 1. The molecule has 0 aliphatic carbocycles. The van der Waals surface area contributed by atoms with Crippen LogP contribution in [0.4, 0.5) is 14.5 Å². The first kappa shape index (κ1) is 19.7. The molecule has 0 spiro atoms. The lowest BCUT2D eigenvalue weighted by molar-refractivity contribution is -0.384. The number of rotatable bonds is 9. The Balaban J connectivity index is 1.84. The molecular formula is C16H16F2N2O5S. The van der Waals surface area contributed by atoms with Gasteiger partial charge in [0.05, 0.1) is 10.7 Å². The van der Waals surface area contributed by atoms with Crippen LogP contribution in [0.1, 0.15) is 11.1 Å². The number of hydrogen-bond acceptors (Lipinski definition) is 5. The van der Waals surface area contributed by atoms with Gasteiger partial charge in [0.25, 0.3) is 5.69 Å². The number of halogens is 2. The summed E-state index contributed by atoms with van der Waals surface area (Å²) in [5.41, 5.74) is 1.07. The molecule has 7 nitrogen and oxygen atoms in total. The van der Waals surface area contributed by atoms with Crippen LogP contribution in [0.25, 0.3) is 0 Å². The summed E-state index contributed by atoms with van der Waals surface area (Å²) in [6.45, 7) is -2.77. The third-order valence-electron chi connectivity index (χ3n) is 3.39. The lowest BCUT2D eigenvalue weighted by Gasteiger charge is -2.08. The Bertz CT molecular complexity index is 840. The van der Waals surface area contributed by atoms with Crippen molar-refractivity contribution in [1.82, 2.24) is 4.72 Å². The van der Waals surface area contributed by atoms with Crippen LogP contribution in [0, 0.1) is 10.1 Å². The van der Waals surface area contributed by atoms with Crippen LogP contribution in [-0.4, -0.2) is 26.5 Å². The summed E-state index contributed by atoms with van der Waals surface area (Å²) < 4.78 is 54.9. The predicted molar refractivity (Wildman–Crippen MR) is 90.5 cm³/mol. The van der Waals surface area contributed by atoms with E-state index in [0.717, 1.165) is 5.56 Å². The van der Waals surface area contributed by atoms with E-state index >= 15 is 0 Å². The first-order valence-corrected chi connectivity index (χ1v) is 9.15. The fraction of sp³-hybridized carbons (Fsp3) is 0.250. The van der Waals surface area contributed by atoms with Gasteiger partial charge in [-0.25, -0.2) is 13.1 Å². The van der Waals surface area contributed by atoms with E-state index in [1.807, 2.05) is 0 Å². The van der Waals surface area contributed by atoms with Gasteiger partial charge in [-0.3, -0.25) is 10.1 Å². The van der Waals surface area contributed by atoms with Crippen LogP contribution in [0.5, 0.6) is 5.75 Å². The van der Waals surface area contributed by atoms with E-state index in [9.17, 15) is 27.3 Å². The van der Waals surface area contributed by atoms with Gasteiger partial charge >= 0.3 is 6.61 Å².